The maximum absolute atomic E-state index is 12.4. The molecule has 7 atom stereocenters. The largest absolute Gasteiger partial charge is 0.365 e. The van der Waals surface area contributed by atoms with Gasteiger partial charge in [0, 0.05) is 35.2 Å². The molecule has 1 aliphatic heterocycles. The topological polar surface area (TPSA) is 46.5 Å². The third kappa shape index (κ3) is 1.27. The average molecular weight is 316 g/mol. The van der Waals surface area contributed by atoms with Crippen LogP contribution in [0.3, 0.4) is 0 Å². The second-order valence-corrected chi connectivity index (χ2v) is 9.71. The third-order valence-electron chi connectivity index (χ3n) is 9.06. The summed E-state index contributed by atoms with van der Waals surface area (Å²) < 4.78 is 5.99. The predicted octanol–water partition coefficient (Wildman–Crippen LogP) is 3.46. The molecule has 0 aromatic heterocycles. The normalized spacial score (nSPS) is 60.2. The van der Waals surface area contributed by atoms with Crippen LogP contribution in [0, 0.1) is 34.0 Å². The molecule has 0 aromatic carbocycles. The summed E-state index contributed by atoms with van der Waals surface area (Å²) in [5.41, 5.74) is 2.77. The van der Waals surface area contributed by atoms with E-state index in [1.165, 1.54) is 5.57 Å². The summed E-state index contributed by atoms with van der Waals surface area (Å²) >= 11 is 0. The predicted molar refractivity (Wildman–Crippen MR) is 86.5 cm³/mol. The zero-order valence-corrected chi connectivity index (χ0v) is 14.7. The van der Waals surface area contributed by atoms with Gasteiger partial charge in [0.25, 0.3) is 0 Å². The van der Waals surface area contributed by atoms with Crippen LogP contribution in [0.5, 0.6) is 0 Å². The minimum Gasteiger partial charge on any atom is -0.365 e. The minimum atomic E-state index is -0.922. The lowest BCUT2D eigenvalue weighted by molar-refractivity contribution is -0.216. The quantitative estimate of drug-likeness (QED) is 0.744. The molecule has 4 aliphatic carbocycles. The summed E-state index contributed by atoms with van der Waals surface area (Å²) in [6.07, 6.45) is 4.70. The van der Waals surface area contributed by atoms with Gasteiger partial charge in [0.15, 0.2) is 11.6 Å². The van der Waals surface area contributed by atoms with Crippen LogP contribution in [0.1, 0.15) is 59.8 Å². The number of ketones is 1. The second-order valence-electron chi connectivity index (χ2n) is 9.71. The number of rotatable bonds is 0. The summed E-state index contributed by atoms with van der Waals surface area (Å²) in [5, 5.41) is 11.1. The molecule has 5 rings (SSSR count). The Bertz CT molecular complexity index is 666. The van der Waals surface area contributed by atoms with E-state index in [1.54, 1.807) is 0 Å². The SMILES string of the molecule is CC1=C2C(=O)C[C@@]2(C)[C@@H]2C[C@H]3[C@]4(C)CO[C@@]3(O)C[C@@H](C)[C@@]24CC1. The molecule has 0 aromatic rings. The van der Waals surface area contributed by atoms with E-state index in [2.05, 4.69) is 27.7 Å². The molecule has 126 valence electrons. The number of aliphatic hydroxyl groups is 1. The standard InChI is InChI=1S/C20H28O3/c1-11-5-6-19-12(2)8-20(22)15(18(19,4)10-23-20)7-14(19)17(3)9-13(21)16(11)17/h12,14-15,22H,5-10H2,1-4H3/t12-,14+,15+,17+,18+,19+,20+/m1/s1. The van der Waals surface area contributed by atoms with Crippen molar-refractivity contribution >= 4 is 5.78 Å². The van der Waals surface area contributed by atoms with Crippen molar-refractivity contribution in [1.29, 1.82) is 0 Å². The van der Waals surface area contributed by atoms with Gasteiger partial charge in [-0.1, -0.05) is 26.3 Å². The van der Waals surface area contributed by atoms with Gasteiger partial charge in [-0.2, -0.15) is 0 Å². The number of carbonyl (C=O) groups is 1. The number of Topliss-reactive ketones (excluding diaryl/α,β-unsaturated/α-hetero) is 1. The van der Waals surface area contributed by atoms with Crippen molar-refractivity contribution in [3.8, 4) is 0 Å². The highest BCUT2D eigenvalue weighted by Crippen LogP contribution is 2.80. The van der Waals surface area contributed by atoms with Crippen molar-refractivity contribution in [3.63, 3.8) is 0 Å². The summed E-state index contributed by atoms with van der Waals surface area (Å²) in [7, 11) is 0. The second kappa shape index (κ2) is 3.77. The summed E-state index contributed by atoms with van der Waals surface area (Å²) in [6.45, 7) is 9.90. The van der Waals surface area contributed by atoms with Gasteiger partial charge in [0.2, 0.25) is 0 Å². The molecule has 3 nitrogen and oxygen atoms in total. The molecule has 4 bridgehead atoms. The molecule has 4 fully saturated rings. The first-order chi connectivity index (χ1) is 10.7. The Morgan fingerprint density at radius 2 is 2.00 bits per heavy atom. The maximum atomic E-state index is 12.4. The van der Waals surface area contributed by atoms with Gasteiger partial charge in [-0.15, -0.1) is 0 Å². The van der Waals surface area contributed by atoms with E-state index in [0.29, 0.717) is 30.6 Å². The zero-order chi connectivity index (χ0) is 16.4. The molecule has 1 saturated heterocycles. The van der Waals surface area contributed by atoms with Gasteiger partial charge in [0.05, 0.1) is 6.61 Å². The lowest BCUT2D eigenvalue weighted by Crippen LogP contribution is -2.57. The Morgan fingerprint density at radius 3 is 2.70 bits per heavy atom. The molecule has 5 aliphatic rings. The summed E-state index contributed by atoms with van der Waals surface area (Å²) in [5.74, 6) is 0.658. The maximum Gasteiger partial charge on any atom is 0.169 e. The number of hydrogen-bond donors (Lipinski definition) is 1. The van der Waals surface area contributed by atoms with E-state index >= 15 is 0 Å². The zero-order valence-electron chi connectivity index (χ0n) is 14.7. The number of carbonyl (C=O) groups excluding carboxylic acids is 1. The number of ether oxygens (including phenoxy) is 1. The lowest BCUT2D eigenvalue weighted by atomic mass is 9.45. The van der Waals surface area contributed by atoms with Gasteiger partial charge >= 0.3 is 0 Å². The number of allylic oxidation sites excluding steroid dienone is 2. The molecule has 1 N–H and O–H groups in total. The van der Waals surface area contributed by atoms with Gasteiger partial charge in [-0.25, -0.2) is 0 Å². The molecule has 1 heterocycles. The van der Waals surface area contributed by atoms with E-state index in [9.17, 15) is 9.90 Å². The van der Waals surface area contributed by atoms with Crippen LogP contribution >= 0.6 is 0 Å². The Balaban J connectivity index is 1.73. The minimum absolute atomic E-state index is 0.0323. The molecule has 3 saturated carbocycles. The molecular weight excluding hydrogens is 288 g/mol. The van der Waals surface area contributed by atoms with Crippen molar-refractivity contribution in [2.24, 2.45) is 34.0 Å². The van der Waals surface area contributed by atoms with Crippen LogP contribution in [-0.4, -0.2) is 23.3 Å². The fourth-order valence-corrected chi connectivity index (χ4v) is 8.25. The van der Waals surface area contributed by atoms with Gasteiger partial charge in [0.1, 0.15) is 0 Å². The Kier molecular flexibility index (Phi) is 2.40. The molecule has 0 radical (unpaired) electrons. The van der Waals surface area contributed by atoms with Crippen molar-refractivity contribution in [2.45, 2.75) is 65.6 Å². The van der Waals surface area contributed by atoms with Crippen LogP contribution in [-0.2, 0) is 9.53 Å². The third-order valence-corrected chi connectivity index (χ3v) is 9.06. The van der Waals surface area contributed by atoms with E-state index in [-0.39, 0.29) is 22.2 Å². The lowest BCUT2D eigenvalue weighted by Gasteiger charge is -2.58. The Labute approximate surface area is 138 Å². The first kappa shape index (κ1) is 14.7. The Morgan fingerprint density at radius 1 is 1.26 bits per heavy atom. The average Bonchev–Trinajstić information content (AvgIpc) is 2.75. The highest BCUT2D eigenvalue weighted by Gasteiger charge is 2.79. The van der Waals surface area contributed by atoms with Gasteiger partial charge < -0.3 is 9.84 Å². The van der Waals surface area contributed by atoms with Crippen LogP contribution in [0.15, 0.2) is 11.1 Å². The summed E-state index contributed by atoms with van der Waals surface area (Å²) in [6, 6.07) is 0. The molecular formula is C20H28O3. The van der Waals surface area contributed by atoms with Crippen LogP contribution in [0.25, 0.3) is 0 Å². The Hall–Kier alpha value is -0.670. The molecule has 1 spiro atoms. The van der Waals surface area contributed by atoms with Crippen molar-refractivity contribution in [3.05, 3.63) is 11.1 Å². The summed E-state index contributed by atoms with van der Waals surface area (Å²) in [4.78, 5) is 12.4. The van der Waals surface area contributed by atoms with E-state index in [4.69, 9.17) is 4.74 Å². The van der Waals surface area contributed by atoms with Crippen LogP contribution < -0.4 is 0 Å². The number of fused-ring (bicyclic) bond motifs is 2. The molecule has 3 heteroatoms. The molecule has 0 amide bonds. The molecule has 23 heavy (non-hydrogen) atoms. The van der Waals surface area contributed by atoms with E-state index in [1.807, 2.05) is 0 Å². The monoisotopic (exact) mass is 316 g/mol. The van der Waals surface area contributed by atoms with Crippen molar-refractivity contribution < 1.29 is 14.6 Å². The fraction of sp³-hybridized carbons (Fsp3) is 0.850. The fourth-order valence-electron chi connectivity index (χ4n) is 8.25. The van der Waals surface area contributed by atoms with Gasteiger partial charge in [-0.05, 0) is 43.4 Å². The highest BCUT2D eigenvalue weighted by molar-refractivity contribution is 6.05. The van der Waals surface area contributed by atoms with Gasteiger partial charge in [-0.3, -0.25) is 4.79 Å². The van der Waals surface area contributed by atoms with Crippen LogP contribution in [0.4, 0.5) is 0 Å². The van der Waals surface area contributed by atoms with Crippen LogP contribution in [0.2, 0.25) is 0 Å². The highest BCUT2D eigenvalue weighted by atomic mass is 16.6. The smallest absolute Gasteiger partial charge is 0.169 e. The van der Waals surface area contributed by atoms with Crippen molar-refractivity contribution in [1.82, 2.24) is 0 Å². The van der Waals surface area contributed by atoms with Crippen molar-refractivity contribution in [2.75, 3.05) is 6.61 Å². The first-order valence-electron chi connectivity index (χ1n) is 9.29. The number of hydrogen-bond acceptors (Lipinski definition) is 3. The van der Waals surface area contributed by atoms with E-state index < -0.39 is 5.79 Å². The van der Waals surface area contributed by atoms with E-state index in [0.717, 1.165) is 31.3 Å². The first-order valence-corrected chi connectivity index (χ1v) is 9.29. The molecule has 0 unspecified atom stereocenters.